The third-order valence-corrected chi connectivity index (χ3v) is 3.90. The Hall–Kier alpha value is -1.15. The number of carboxylic acids is 1. The molecule has 0 aliphatic heterocycles. The summed E-state index contributed by atoms with van der Waals surface area (Å²) in [4.78, 5) is 15.5. The van der Waals surface area contributed by atoms with Gasteiger partial charge in [-0.05, 0) is 46.4 Å². The van der Waals surface area contributed by atoms with Gasteiger partial charge in [-0.2, -0.15) is 0 Å². The summed E-state index contributed by atoms with van der Waals surface area (Å²) in [5.41, 5.74) is 2.47. The second kappa shape index (κ2) is 5.01. The van der Waals surface area contributed by atoms with Crippen molar-refractivity contribution in [2.24, 2.45) is 0 Å². The maximum atomic E-state index is 11.0. The van der Waals surface area contributed by atoms with Crippen molar-refractivity contribution < 1.29 is 14.6 Å². The molecule has 0 unspecified atom stereocenters. The number of benzene rings is 1. The molecular formula is C11H8INO3S. The van der Waals surface area contributed by atoms with E-state index in [0.717, 1.165) is 14.9 Å². The largest absolute Gasteiger partial charge is 0.496 e. The molecule has 1 aromatic carbocycles. The molecule has 0 aliphatic rings. The Bertz CT molecular complexity index is 568. The summed E-state index contributed by atoms with van der Waals surface area (Å²) in [5.74, 6) is -0.234. The van der Waals surface area contributed by atoms with Gasteiger partial charge in [0, 0.05) is 0 Å². The van der Waals surface area contributed by atoms with Gasteiger partial charge in [-0.3, -0.25) is 0 Å². The minimum absolute atomic E-state index is 0.0935. The molecule has 6 heteroatoms. The van der Waals surface area contributed by atoms with E-state index in [1.807, 2.05) is 18.2 Å². The molecule has 0 saturated heterocycles. The number of aromatic nitrogens is 1. The third-order valence-electron chi connectivity index (χ3n) is 2.18. The topological polar surface area (TPSA) is 59.4 Å². The predicted molar refractivity (Wildman–Crippen MR) is 73.8 cm³/mol. The monoisotopic (exact) mass is 361 g/mol. The van der Waals surface area contributed by atoms with Crippen LogP contribution in [0, 0.1) is 3.57 Å². The molecule has 0 spiro atoms. The van der Waals surface area contributed by atoms with Crippen molar-refractivity contribution in [3.05, 3.63) is 33.0 Å². The molecule has 0 amide bonds. The lowest BCUT2D eigenvalue weighted by Gasteiger charge is -2.05. The molecule has 88 valence electrons. The smallest absolute Gasteiger partial charge is 0.356 e. The molecule has 0 radical (unpaired) electrons. The lowest BCUT2D eigenvalue weighted by Crippen LogP contribution is -1.98. The van der Waals surface area contributed by atoms with Crippen molar-refractivity contribution in [1.82, 2.24) is 4.98 Å². The van der Waals surface area contributed by atoms with Gasteiger partial charge in [0.2, 0.25) is 0 Å². The number of hydrogen-bond donors (Lipinski definition) is 1. The first-order chi connectivity index (χ1) is 8.13. The number of hydrogen-bond acceptors (Lipinski definition) is 4. The predicted octanol–water partition coefficient (Wildman–Crippen LogP) is 3.12. The lowest BCUT2D eigenvalue weighted by atomic mass is 10.1. The number of carbonyl (C=O) groups is 1. The number of methoxy groups -OCH3 is 1. The Balaban J connectivity index is 2.50. The van der Waals surface area contributed by atoms with Crippen LogP contribution < -0.4 is 4.74 Å². The number of ether oxygens (including phenoxy) is 1. The van der Waals surface area contributed by atoms with Crippen LogP contribution in [0.2, 0.25) is 0 Å². The van der Waals surface area contributed by atoms with Crippen LogP contribution in [-0.2, 0) is 0 Å². The van der Waals surface area contributed by atoms with Crippen molar-refractivity contribution >= 4 is 39.9 Å². The van der Waals surface area contributed by atoms with Crippen LogP contribution in [0.15, 0.2) is 23.7 Å². The summed E-state index contributed by atoms with van der Waals surface area (Å²) >= 11 is 3.47. The zero-order chi connectivity index (χ0) is 12.4. The minimum atomic E-state index is -1.01. The van der Waals surface area contributed by atoms with Gasteiger partial charge in [0.25, 0.3) is 0 Å². The molecular weight excluding hydrogens is 353 g/mol. The van der Waals surface area contributed by atoms with Crippen molar-refractivity contribution in [2.45, 2.75) is 0 Å². The fourth-order valence-electron chi connectivity index (χ4n) is 1.41. The first-order valence-corrected chi connectivity index (χ1v) is 6.60. The van der Waals surface area contributed by atoms with E-state index in [9.17, 15) is 4.79 Å². The first-order valence-electron chi connectivity index (χ1n) is 4.64. The Morgan fingerprint density at radius 3 is 2.88 bits per heavy atom. The SMILES string of the molecule is COc1ccc(-c2scnc2C(=O)O)cc1I. The highest BCUT2D eigenvalue weighted by atomic mass is 127. The molecule has 0 fully saturated rings. The molecule has 0 aliphatic carbocycles. The molecule has 2 rings (SSSR count). The van der Waals surface area contributed by atoms with Crippen LogP contribution in [0.1, 0.15) is 10.5 Å². The quantitative estimate of drug-likeness (QED) is 0.854. The zero-order valence-electron chi connectivity index (χ0n) is 8.81. The number of halogens is 1. The third kappa shape index (κ3) is 2.42. The standard InChI is InChI=1S/C11H8INO3S/c1-16-8-3-2-6(4-7(8)12)10-9(11(14)15)13-5-17-10/h2-5H,1H3,(H,14,15). The molecule has 2 aromatic rings. The fraction of sp³-hybridized carbons (Fsp3) is 0.0909. The summed E-state index contributed by atoms with van der Waals surface area (Å²) in [7, 11) is 1.60. The van der Waals surface area contributed by atoms with E-state index in [1.54, 1.807) is 7.11 Å². The molecule has 0 saturated carbocycles. The van der Waals surface area contributed by atoms with Gasteiger partial charge < -0.3 is 9.84 Å². The molecule has 1 heterocycles. The van der Waals surface area contributed by atoms with Crippen molar-refractivity contribution in [1.29, 1.82) is 0 Å². The van der Waals surface area contributed by atoms with Gasteiger partial charge in [-0.15, -0.1) is 11.3 Å². The Labute approximate surface area is 115 Å². The van der Waals surface area contributed by atoms with Crippen LogP contribution in [0.4, 0.5) is 0 Å². The van der Waals surface area contributed by atoms with Crippen LogP contribution in [0.3, 0.4) is 0 Å². The fourth-order valence-corrected chi connectivity index (χ4v) is 2.92. The van der Waals surface area contributed by atoms with E-state index in [2.05, 4.69) is 27.6 Å². The van der Waals surface area contributed by atoms with Crippen LogP contribution >= 0.6 is 33.9 Å². The Morgan fingerprint density at radius 2 is 2.29 bits per heavy atom. The second-order valence-electron chi connectivity index (χ2n) is 3.18. The summed E-state index contributed by atoms with van der Waals surface area (Å²) < 4.78 is 6.10. The Morgan fingerprint density at radius 1 is 1.53 bits per heavy atom. The van der Waals surface area contributed by atoms with Crippen LogP contribution in [0.5, 0.6) is 5.75 Å². The molecule has 0 bridgehead atoms. The van der Waals surface area contributed by atoms with Crippen molar-refractivity contribution in [2.75, 3.05) is 7.11 Å². The molecule has 4 nitrogen and oxygen atoms in total. The van der Waals surface area contributed by atoms with Gasteiger partial charge >= 0.3 is 5.97 Å². The van der Waals surface area contributed by atoms with Gasteiger partial charge in [0.05, 0.1) is 21.1 Å². The van der Waals surface area contributed by atoms with E-state index in [4.69, 9.17) is 9.84 Å². The maximum Gasteiger partial charge on any atom is 0.356 e. The second-order valence-corrected chi connectivity index (χ2v) is 5.20. The average Bonchev–Trinajstić information content (AvgIpc) is 2.77. The zero-order valence-corrected chi connectivity index (χ0v) is 11.8. The highest BCUT2D eigenvalue weighted by Gasteiger charge is 2.15. The molecule has 1 aromatic heterocycles. The van der Waals surface area contributed by atoms with E-state index in [1.165, 1.54) is 16.8 Å². The van der Waals surface area contributed by atoms with Crippen molar-refractivity contribution in [3.63, 3.8) is 0 Å². The maximum absolute atomic E-state index is 11.0. The molecule has 0 atom stereocenters. The normalized spacial score (nSPS) is 10.2. The van der Waals surface area contributed by atoms with Gasteiger partial charge in [0.1, 0.15) is 5.75 Å². The van der Waals surface area contributed by atoms with E-state index >= 15 is 0 Å². The lowest BCUT2D eigenvalue weighted by molar-refractivity contribution is 0.0692. The summed E-state index contributed by atoms with van der Waals surface area (Å²) in [5, 5.41) is 9.00. The molecule has 17 heavy (non-hydrogen) atoms. The number of aromatic carboxylic acids is 1. The number of thiazole rings is 1. The van der Waals surface area contributed by atoms with Crippen molar-refractivity contribution in [3.8, 4) is 16.2 Å². The van der Waals surface area contributed by atoms with Gasteiger partial charge in [-0.1, -0.05) is 0 Å². The van der Waals surface area contributed by atoms with Gasteiger partial charge in [0.15, 0.2) is 5.69 Å². The highest BCUT2D eigenvalue weighted by molar-refractivity contribution is 14.1. The van der Waals surface area contributed by atoms with Crippen LogP contribution in [-0.4, -0.2) is 23.2 Å². The average molecular weight is 361 g/mol. The summed E-state index contributed by atoms with van der Waals surface area (Å²) in [6, 6.07) is 5.54. The Kier molecular flexibility index (Phi) is 3.63. The number of carboxylic acid groups (broad SMARTS) is 1. The van der Waals surface area contributed by atoms with E-state index < -0.39 is 5.97 Å². The van der Waals surface area contributed by atoms with Gasteiger partial charge in [-0.25, -0.2) is 9.78 Å². The summed E-state index contributed by atoms with van der Waals surface area (Å²) in [6.45, 7) is 0. The molecule has 1 N–H and O–H groups in total. The minimum Gasteiger partial charge on any atom is -0.496 e. The van der Waals surface area contributed by atoms with Crippen LogP contribution in [0.25, 0.3) is 10.4 Å². The number of nitrogens with zero attached hydrogens (tertiary/aromatic N) is 1. The summed E-state index contributed by atoms with van der Waals surface area (Å²) in [6.07, 6.45) is 0. The first kappa shape index (κ1) is 12.3. The highest BCUT2D eigenvalue weighted by Crippen LogP contribution is 2.32. The van der Waals surface area contributed by atoms with E-state index in [-0.39, 0.29) is 5.69 Å². The number of rotatable bonds is 3. The van der Waals surface area contributed by atoms with E-state index in [0.29, 0.717) is 4.88 Å².